The summed E-state index contributed by atoms with van der Waals surface area (Å²) in [6.07, 6.45) is 9.57. The zero-order valence-electron chi connectivity index (χ0n) is 15.6. The van der Waals surface area contributed by atoms with Crippen LogP contribution in [0.1, 0.15) is 65.2 Å². The summed E-state index contributed by atoms with van der Waals surface area (Å²) in [5.41, 5.74) is 0.537. The third-order valence-corrected chi connectivity index (χ3v) is 10.5. The van der Waals surface area contributed by atoms with Crippen LogP contribution < -0.4 is 5.19 Å². The monoisotopic (exact) mass is 342 g/mol. The summed E-state index contributed by atoms with van der Waals surface area (Å²) in [6, 6.07) is 14.3. The van der Waals surface area contributed by atoms with Crippen LogP contribution in [-0.2, 0) is 4.79 Å². The first-order chi connectivity index (χ1) is 11.7. The summed E-state index contributed by atoms with van der Waals surface area (Å²) in [7, 11) is -0.761. The Hall–Kier alpha value is -0.893. The number of carbonyl (C=O) groups excluding carboxylic acids is 1. The van der Waals surface area contributed by atoms with E-state index in [0.29, 0.717) is 11.2 Å². The van der Waals surface area contributed by atoms with Crippen LogP contribution in [0.15, 0.2) is 30.3 Å². The van der Waals surface area contributed by atoms with Crippen molar-refractivity contribution in [1.29, 1.82) is 0 Å². The van der Waals surface area contributed by atoms with Crippen molar-refractivity contribution in [3.05, 3.63) is 30.3 Å². The molecule has 0 spiro atoms. The molecule has 1 heterocycles. The molecule has 0 bridgehead atoms. The van der Waals surface area contributed by atoms with Gasteiger partial charge in [0.2, 0.25) is 0 Å². The largest absolute Gasteiger partial charge is 0.300 e. The molecule has 1 nitrogen and oxygen atoms in total. The molecule has 1 saturated carbocycles. The highest BCUT2D eigenvalue weighted by Gasteiger charge is 2.46. The van der Waals surface area contributed by atoms with E-state index in [0.717, 1.165) is 24.7 Å². The van der Waals surface area contributed by atoms with Gasteiger partial charge in [-0.25, -0.2) is 0 Å². The second kappa shape index (κ2) is 7.99. The fourth-order valence-corrected chi connectivity index (χ4v) is 9.25. The lowest BCUT2D eigenvalue weighted by Crippen LogP contribution is -2.46. The van der Waals surface area contributed by atoms with Crippen LogP contribution in [0.25, 0.3) is 0 Å². The Morgan fingerprint density at radius 3 is 2.33 bits per heavy atom. The van der Waals surface area contributed by atoms with Gasteiger partial charge in [-0.05, 0) is 42.9 Å². The molecule has 132 valence electrons. The molecule has 2 fully saturated rings. The number of hydrogen-bond donors (Lipinski definition) is 0. The van der Waals surface area contributed by atoms with Crippen molar-refractivity contribution in [3.8, 4) is 0 Å². The van der Waals surface area contributed by atoms with Crippen molar-refractivity contribution in [2.24, 2.45) is 17.3 Å². The van der Waals surface area contributed by atoms with E-state index in [1.165, 1.54) is 50.6 Å². The van der Waals surface area contributed by atoms with Crippen LogP contribution >= 0.6 is 0 Å². The minimum Gasteiger partial charge on any atom is -0.300 e. The third-order valence-electron chi connectivity index (χ3n) is 7.25. The van der Waals surface area contributed by atoms with Crippen LogP contribution in [-0.4, -0.2) is 14.6 Å². The van der Waals surface area contributed by atoms with Crippen LogP contribution in [0.5, 0.6) is 0 Å². The Morgan fingerprint density at radius 1 is 1.12 bits per heavy atom. The standard InChI is InChI=1S/C22H34OSi/c1-3-7-18(2)22(19-10-12-20(23)13-11-19)14-16-24(17-15-22)21-8-5-4-6-9-21/h4-6,8-9,18-19,24H,3,7,10-17H2,1-2H3. The van der Waals surface area contributed by atoms with Gasteiger partial charge in [0, 0.05) is 12.8 Å². The van der Waals surface area contributed by atoms with Gasteiger partial charge >= 0.3 is 0 Å². The maximum absolute atomic E-state index is 11.7. The van der Waals surface area contributed by atoms with Crippen molar-refractivity contribution in [2.75, 3.05) is 0 Å². The molecular weight excluding hydrogens is 308 g/mol. The first-order valence-corrected chi connectivity index (χ1v) is 12.4. The summed E-state index contributed by atoms with van der Waals surface area (Å²) in [5, 5.41) is 1.67. The number of benzene rings is 1. The first kappa shape index (κ1) is 17.9. The van der Waals surface area contributed by atoms with E-state index >= 15 is 0 Å². The zero-order valence-corrected chi connectivity index (χ0v) is 16.8. The Labute approximate surface area is 149 Å². The summed E-state index contributed by atoms with van der Waals surface area (Å²) in [6.45, 7) is 4.85. The number of Topliss-reactive ketones (excluding diaryl/α,β-unsaturated/α-hetero) is 1. The lowest BCUT2D eigenvalue weighted by Gasteiger charge is -2.51. The molecule has 24 heavy (non-hydrogen) atoms. The van der Waals surface area contributed by atoms with Gasteiger partial charge in [0.1, 0.15) is 5.78 Å². The molecule has 1 unspecified atom stereocenters. The fourth-order valence-electron chi connectivity index (χ4n) is 5.75. The average molecular weight is 343 g/mol. The topological polar surface area (TPSA) is 17.1 Å². The Bertz CT molecular complexity index is 520. The van der Waals surface area contributed by atoms with Crippen molar-refractivity contribution < 1.29 is 4.79 Å². The molecule has 0 aromatic heterocycles. The third kappa shape index (κ3) is 3.69. The summed E-state index contributed by atoms with van der Waals surface area (Å²) >= 11 is 0. The quantitative estimate of drug-likeness (QED) is 0.681. The molecule has 1 aromatic rings. The van der Waals surface area contributed by atoms with E-state index in [4.69, 9.17) is 0 Å². The van der Waals surface area contributed by atoms with Crippen molar-refractivity contribution in [3.63, 3.8) is 0 Å². The zero-order chi connectivity index (χ0) is 17.0. The van der Waals surface area contributed by atoms with E-state index in [9.17, 15) is 4.79 Å². The molecule has 2 heteroatoms. The molecule has 1 atom stereocenters. The lowest BCUT2D eigenvalue weighted by atomic mass is 9.58. The fraction of sp³-hybridized carbons (Fsp3) is 0.682. The smallest absolute Gasteiger partial charge is 0.132 e. The van der Waals surface area contributed by atoms with Crippen molar-refractivity contribution in [2.45, 2.75) is 77.3 Å². The molecule has 0 radical (unpaired) electrons. The molecule has 1 aliphatic heterocycles. The second-order valence-electron chi connectivity index (χ2n) is 8.42. The highest BCUT2D eigenvalue weighted by Crippen LogP contribution is 2.53. The number of ketones is 1. The van der Waals surface area contributed by atoms with Gasteiger partial charge in [-0.1, -0.05) is 74.3 Å². The summed E-state index contributed by atoms with van der Waals surface area (Å²) in [5.74, 6) is 2.14. The maximum atomic E-state index is 11.7. The molecule has 1 saturated heterocycles. The predicted octanol–water partition coefficient (Wildman–Crippen LogP) is 5.10. The SMILES string of the molecule is CCCC(C)C1(C2CCC(=O)CC2)CC[SiH](c2ccccc2)CC1. The molecule has 2 aliphatic rings. The highest BCUT2D eigenvalue weighted by molar-refractivity contribution is 6.73. The van der Waals surface area contributed by atoms with E-state index in [-0.39, 0.29) is 0 Å². The number of hydrogen-bond acceptors (Lipinski definition) is 1. The molecular formula is C22H34OSi. The minimum absolute atomic E-state index is 0.511. The molecule has 1 aromatic carbocycles. The predicted molar refractivity (Wildman–Crippen MR) is 106 cm³/mol. The van der Waals surface area contributed by atoms with Gasteiger partial charge in [-0.15, -0.1) is 0 Å². The molecule has 3 rings (SSSR count). The van der Waals surface area contributed by atoms with Gasteiger partial charge in [0.15, 0.2) is 0 Å². The van der Waals surface area contributed by atoms with Gasteiger partial charge in [-0.2, -0.15) is 0 Å². The molecule has 0 amide bonds. The maximum Gasteiger partial charge on any atom is 0.132 e. The number of carbonyl (C=O) groups is 1. The van der Waals surface area contributed by atoms with Crippen LogP contribution in [0.4, 0.5) is 0 Å². The number of rotatable bonds is 5. The van der Waals surface area contributed by atoms with Crippen LogP contribution in [0.3, 0.4) is 0 Å². The first-order valence-electron chi connectivity index (χ1n) is 10.2. The Balaban J connectivity index is 1.74. The van der Waals surface area contributed by atoms with Gasteiger partial charge in [0.25, 0.3) is 0 Å². The van der Waals surface area contributed by atoms with Crippen LogP contribution in [0, 0.1) is 17.3 Å². The van der Waals surface area contributed by atoms with Gasteiger partial charge in [0.05, 0.1) is 8.80 Å². The Morgan fingerprint density at radius 2 is 1.75 bits per heavy atom. The van der Waals surface area contributed by atoms with Crippen molar-refractivity contribution in [1.82, 2.24) is 0 Å². The van der Waals surface area contributed by atoms with Crippen LogP contribution in [0.2, 0.25) is 12.1 Å². The molecule has 1 aliphatic carbocycles. The average Bonchev–Trinajstić information content (AvgIpc) is 2.63. The van der Waals surface area contributed by atoms with E-state index < -0.39 is 8.80 Å². The highest BCUT2D eigenvalue weighted by atomic mass is 28.3. The minimum atomic E-state index is -0.761. The van der Waals surface area contributed by atoms with Crippen molar-refractivity contribution >= 4 is 19.8 Å². The van der Waals surface area contributed by atoms with Gasteiger partial charge < -0.3 is 0 Å². The second-order valence-corrected chi connectivity index (χ2v) is 11.6. The lowest BCUT2D eigenvalue weighted by molar-refractivity contribution is -0.122. The Kier molecular flexibility index (Phi) is 5.96. The van der Waals surface area contributed by atoms with E-state index in [2.05, 4.69) is 44.2 Å². The van der Waals surface area contributed by atoms with E-state index in [1.54, 1.807) is 5.19 Å². The normalized spacial score (nSPS) is 30.2. The molecule has 0 N–H and O–H groups in total. The van der Waals surface area contributed by atoms with Gasteiger partial charge in [-0.3, -0.25) is 4.79 Å². The summed E-state index contributed by atoms with van der Waals surface area (Å²) in [4.78, 5) is 11.7. The van der Waals surface area contributed by atoms with E-state index in [1.807, 2.05) is 0 Å². The summed E-state index contributed by atoms with van der Waals surface area (Å²) < 4.78 is 0.